The maximum Gasteiger partial charge on any atom is 0.0848 e. The Labute approximate surface area is 152 Å². The van der Waals surface area contributed by atoms with Crippen LogP contribution in [0, 0.1) is 28.6 Å². The smallest absolute Gasteiger partial charge is 0.0848 e. The van der Waals surface area contributed by atoms with Crippen molar-refractivity contribution in [3.05, 3.63) is 35.5 Å². The van der Waals surface area contributed by atoms with Crippen LogP contribution in [-0.4, -0.2) is 25.9 Å². The van der Waals surface area contributed by atoms with Crippen LogP contribution in [0.2, 0.25) is 0 Å². The molecule has 1 unspecified atom stereocenters. The Morgan fingerprint density at radius 1 is 1.00 bits per heavy atom. The minimum Gasteiger partial charge on any atom is -0.376 e. The molecule has 1 saturated heterocycles. The fraction of sp³-hybridized carbons (Fsp3) is 0.739. The van der Waals surface area contributed by atoms with Crippen molar-refractivity contribution in [3.8, 4) is 0 Å². The molecule has 2 nitrogen and oxygen atoms in total. The van der Waals surface area contributed by atoms with E-state index in [2.05, 4.69) is 38.2 Å². The molecule has 4 aliphatic carbocycles. The second-order valence-electron chi connectivity index (χ2n) is 9.41. The second kappa shape index (κ2) is 5.82. The van der Waals surface area contributed by atoms with E-state index in [4.69, 9.17) is 9.47 Å². The zero-order valence-electron chi connectivity index (χ0n) is 15.8. The van der Waals surface area contributed by atoms with Gasteiger partial charge in [0.25, 0.3) is 0 Å². The Bertz CT molecular complexity index is 638. The third-order valence-corrected chi connectivity index (χ3v) is 8.42. The average molecular weight is 341 g/mol. The van der Waals surface area contributed by atoms with Gasteiger partial charge in [-0.3, -0.25) is 0 Å². The third kappa shape index (κ3) is 2.29. The molecule has 2 fully saturated rings. The predicted molar refractivity (Wildman–Crippen MR) is 100 cm³/mol. The zero-order chi connectivity index (χ0) is 17.1. The Balaban J connectivity index is 1.45. The number of hydrogen-bond donors (Lipinski definition) is 0. The minimum atomic E-state index is 0.298. The molecule has 0 aromatic rings. The second-order valence-corrected chi connectivity index (χ2v) is 9.41. The van der Waals surface area contributed by atoms with Gasteiger partial charge >= 0.3 is 0 Å². The molecule has 1 heterocycles. The van der Waals surface area contributed by atoms with Gasteiger partial charge in [-0.05, 0) is 72.7 Å². The van der Waals surface area contributed by atoms with Crippen molar-refractivity contribution in [2.75, 3.05) is 19.8 Å². The van der Waals surface area contributed by atoms with Crippen LogP contribution < -0.4 is 0 Å². The first-order valence-electron chi connectivity index (χ1n) is 10.4. The van der Waals surface area contributed by atoms with Crippen molar-refractivity contribution in [1.29, 1.82) is 0 Å². The van der Waals surface area contributed by atoms with Gasteiger partial charge in [0.2, 0.25) is 0 Å². The van der Waals surface area contributed by atoms with Gasteiger partial charge < -0.3 is 9.47 Å². The van der Waals surface area contributed by atoms with Crippen LogP contribution in [0.3, 0.4) is 0 Å². The van der Waals surface area contributed by atoms with Gasteiger partial charge in [0.05, 0.1) is 25.9 Å². The highest BCUT2D eigenvalue weighted by atomic mass is 16.6. The lowest BCUT2D eigenvalue weighted by Gasteiger charge is -2.55. The summed E-state index contributed by atoms with van der Waals surface area (Å²) in [5.74, 6) is 2.21. The summed E-state index contributed by atoms with van der Waals surface area (Å²) in [6, 6.07) is 0. The largest absolute Gasteiger partial charge is 0.376 e. The van der Waals surface area contributed by atoms with Crippen LogP contribution in [0.25, 0.3) is 0 Å². The molecule has 5 aliphatic rings. The molecule has 136 valence electrons. The standard InChI is InChI=1S/C23H32O2/c1-22-11-4-3-5-16(22)6-7-17-18-8-9-20(21-15-24-13-14-25-21)23(18,2)12-10-19(17)22/h3,5-6,8,17,19-21H,4,7,9-15H2,1-2H3/t17-,19-,20+,21?,22-,23-/m0/s1. The normalized spacial score (nSPS) is 48.9. The van der Waals surface area contributed by atoms with E-state index < -0.39 is 0 Å². The highest BCUT2D eigenvalue weighted by Gasteiger charge is 2.56. The highest BCUT2D eigenvalue weighted by Crippen LogP contribution is 2.64. The molecule has 0 N–H and O–H groups in total. The molecule has 0 amide bonds. The van der Waals surface area contributed by atoms with E-state index in [1.54, 1.807) is 11.1 Å². The first-order chi connectivity index (χ1) is 12.1. The van der Waals surface area contributed by atoms with E-state index in [0.717, 1.165) is 31.7 Å². The lowest BCUT2D eigenvalue weighted by Crippen LogP contribution is -2.49. The molecule has 1 saturated carbocycles. The van der Waals surface area contributed by atoms with Crippen LogP contribution in [-0.2, 0) is 9.47 Å². The average Bonchev–Trinajstić information content (AvgIpc) is 2.99. The fourth-order valence-electron chi connectivity index (χ4n) is 6.98. The summed E-state index contributed by atoms with van der Waals surface area (Å²) in [7, 11) is 0. The van der Waals surface area contributed by atoms with Crippen LogP contribution >= 0.6 is 0 Å². The molecule has 0 aromatic heterocycles. The SMILES string of the molecule is C[C@]12CC[C@H]3[C@@H](CC=C4C=CCC[C@@]43C)C1=CC[C@@H]2C1COCCO1. The van der Waals surface area contributed by atoms with Crippen molar-refractivity contribution in [1.82, 2.24) is 0 Å². The predicted octanol–water partition coefficient (Wildman–Crippen LogP) is 5.07. The van der Waals surface area contributed by atoms with Crippen molar-refractivity contribution in [2.24, 2.45) is 28.6 Å². The molecular formula is C23H32O2. The number of allylic oxidation sites excluding steroid dienone is 6. The van der Waals surface area contributed by atoms with Crippen molar-refractivity contribution < 1.29 is 9.47 Å². The van der Waals surface area contributed by atoms with E-state index in [1.165, 1.54) is 38.5 Å². The lowest BCUT2D eigenvalue weighted by molar-refractivity contribution is -0.129. The summed E-state index contributed by atoms with van der Waals surface area (Å²) >= 11 is 0. The maximum atomic E-state index is 6.14. The molecule has 0 spiro atoms. The van der Waals surface area contributed by atoms with E-state index in [0.29, 0.717) is 22.9 Å². The number of rotatable bonds is 1. The summed E-state index contributed by atoms with van der Waals surface area (Å²) < 4.78 is 11.9. The molecule has 0 aromatic carbocycles. The van der Waals surface area contributed by atoms with Gasteiger partial charge in [-0.1, -0.05) is 43.7 Å². The number of hydrogen-bond acceptors (Lipinski definition) is 2. The monoisotopic (exact) mass is 340 g/mol. The topological polar surface area (TPSA) is 18.5 Å². The van der Waals surface area contributed by atoms with Gasteiger partial charge in [-0.25, -0.2) is 0 Å². The van der Waals surface area contributed by atoms with Gasteiger partial charge in [0, 0.05) is 0 Å². The summed E-state index contributed by atoms with van der Waals surface area (Å²) in [4.78, 5) is 0. The summed E-state index contributed by atoms with van der Waals surface area (Å²) in [6.07, 6.45) is 18.0. The first-order valence-corrected chi connectivity index (χ1v) is 10.4. The first kappa shape index (κ1) is 16.3. The van der Waals surface area contributed by atoms with Crippen LogP contribution in [0.15, 0.2) is 35.5 Å². The van der Waals surface area contributed by atoms with Gasteiger partial charge in [-0.15, -0.1) is 0 Å². The quantitative estimate of drug-likeness (QED) is 0.621. The van der Waals surface area contributed by atoms with Crippen LogP contribution in [0.5, 0.6) is 0 Å². The number of ether oxygens (including phenoxy) is 2. The van der Waals surface area contributed by atoms with Gasteiger partial charge in [0.1, 0.15) is 0 Å². The van der Waals surface area contributed by atoms with E-state index in [1.807, 2.05) is 0 Å². The molecule has 2 heteroatoms. The molecule has 0 bridgehead atoms. The minimum absolute atomic E-state index is 0.298. The summed E-state index contributed by atoms with van der Waals surface area (Å²) in [6.45, 7) is 7.42. The summed E-state index contributed by atoms with van der Waals surface area (Å²) in [5.41, 5.74) is 4.14. The van der Waals surface area contributed by atoms with Gasteiger partial charge in [0.15, 0.2) is 0 Å². The lowest BCUT2D eigenvalue weighted by atomic mass is 9.49. The molecule has 0 radical (unpaired) electrons. The van der Waals surface area contributed by atoms with E-state index in [9.17, 15) is 0 Å². The molecular weight excluding hydrogens is 308 g/mol. The molecule has 6 atom stereocenters. The Hall–Kier alpha value is -0.860. The summed E-state index contributed by atoms with van der Waals surface area (Å²) in [5, 5.41) is 0. The Kier molecular flexibility index (Phi) is 3.80. The molecule has 1 aliphatic heterocycles. The number of fused-ring (bicyclic) bond motifs is 5. The molecule has 5 rings (SSSR count). The van der Waals surface area contributed by atoms with Crippen molar-refractivity contribution in [2.45, 2.75) is 58.5 Å². The van der Waals surface area contributed by atoms with E-state index in [-0.39, 0.29) is 0 Å². The zero-order valence-corrected chi connectivity index (χ0v) is 15.8. The maximum absolute atomic E-state index is 6.14. The van der Waals surface area contributed by atoms with Crippen molar-refractivity contribution in [3.63, 3.8) is 0 Å². The third-order valence-electron chi connectivity index (χ3n) is 8.42. The Morgan fingerprint density at radius 3 is 2.76 bits per heavy atom. The van der Waals surface area contributed by atoms with Crippen molar-refractivity contribution >= 4 is 0 Å². The van der Waals surface area contributed by atoms with Gasteiger partial charge in [-0.2, -0.15) is 0 Å². The highest BCUT2D eigenvalue weighted by molar-refractivity contribution is 5.38. The van der Waals surface area contributed by atoms with Crippen LogP contribution in [0.4, 0.5) is 0 Å². The van der Waals surface area contributed by atoms with E-state index >= 15 is 0 Å². The fourth-order valence-corrected chi connectivity index (χ4v) is 6.98. The molecule has 25 heavy (non-hydrogen) atoms. The van der Waals surface area contributed by atoms with Crippen LogP contribution in [0.1, 0.15) is 52.4 Å². The Morgan fingerprint density at radius 2 is 1.92 bits per heavy atom.